The molecule has 0 aromatic carbocycles. The van der Waals surface area contributed by atoms with E-state index in [1.54, 1.807) is 0 Å². The van der Waals surface area contributed by atoms with Gasteiger partial charge in [0.05, 0.1) is 37.6 Å². The van der Waals surface area contributed by atoms with E-state index in [2.05, 4.69) is 5.43 Å². The molecule has 3 fully saturated rings. The van der Waals surface area contributed by atoms with Crippen LogP contribution in [0.3, 0.4) is 0 Å². The van der Waals surface area contributed by atoms with E-state index in [0.29, 0.717) is 25.7 Å². The Kier molecular flexibility index (Phi) is 4.91. The van der Waals surface area contributed by atoms with Crippen LogP contribution in [0.15, 0.2) is 0 Å². The molecule has 116 valence electrons. The third-order valence-electron chi connectivity index (χ3n) is 4.88. The lowest BCUT2D eigenvalue weighted by molar-refractivity contribution is -0.164. The van der Waals surface area contributed by atoms with Crippen LogP contribution in [0.4, 0.5) is 0 Å². The van der Waals surface area contributed by atoms with Crippen LogP contribution in [-0.4, -0.2) is 57.4 Å². The van der Waals surface area contributed by atoms with Crippen LogP contribution in [0.1, 0.15) is 25.7 Å². The predicted octanol–water partition coefficient (Wildman–Crippen LogP) is 0.210. The minimum atomic E-state index is -0.00814. The summed E-state index contributed by atoms with van der Waals surface area (Å²) in [5.41, 5.74) is 2.96. The number of hydrogen-bond acceptors (Lipinski definition) is 6. The van der Waals surface area contributed by atoms with E-state index >= 15 is 0 Å². The maximum absolute atomic E-state index is 6.10. The average molecular weight is 286 g/mol. The lowest BCUT2D eigenvalue weighted by atomic mass is 9.76. The van der Waals surface area contributed by atoms with Crippen LogP contribution < -0.4 is 11.3 Å². The molecule has 3 atom stereocenters. The average Bonchev–Trinajstić information content (AvgIpc) is 2.50. The molecule has 20 heavy (non-hydrogen) atoms. The Labute approximate surface area is 120 Å². The van der Waals surface area contributed by atoms with Gasteiger partial charge in [-0.25, -0.2) is 0 Å². The Morgan fingerprint density at radius 1 is 1.05 bits per heavy atom. The molecular weight excluding hydrogens is 260 g/mol. The zero-order valence-electron chi connectivity index (χ0n) is 12.0. The van der Waals surface area contributed by atoms with Crippen molar-refractivity contribution in [3.63, 3.8) is 0 Å². The van der Waals surface area contributed by atoms with Crippen LogP contribution >= 0.6 is 0 Å². The van der Waals surface area contributed by atoms with Gasteiger partial charge in [-0.15, -0.1) is 0 Å². The van der Waals surface area contributed by atoms with E-state index in [-0.39, 0.29) is 17.7 Å². The first kappa shape index (κ1) is 14.7. The summed E-state index contributed by atoms with van der Waals surface area (Å²) in [7, 11) is 0. The van der Waals surface area contributed by atoms with Gasteiger partial charge in [0.1, 0.15) is 0 Å². The molecule has 0 aromatic heterocycles. The first-order valence-corrected chi connectivity index (χ1v) is 7.70. The van der Waals surface area contributed by atoms with Gasteiger partial charge in [0.2, 0.25) is 0 Å². The highest BCUT2D eigenvalue weighted by Crippen LogP contribution is 2.39. The van der Waals surface area contributed by atoms with Crippen molar-refractivity contribution in [1.29, 1.82) is 0 Å². The summed E-state index contributed by atoms with van der Waals surface area (Å²) in [6.07, 6.45) is 4.09. The molecule has 3 rings (SSSR count). The molecule has 3 N–H and O–H groups in total. The van der Waals surface area contributed by atoms with Crippen molar-refractivity contribution in [3.8, 4) is 0 Å². The van der Waals surface area contributed by atoms with E-state index in [0.717, 1.165) is 45.5 Å². The van der Waals surface area contributed by atoms with Crippen LogP contribution in [0, 0.1) is 5.92 Å². The number of hydrazine groups is 1. The molecule has 3 aliphatic rings. The lowest BCUT2D eigenvalue weighted by Crippen LogP contribution is -2.57. The van der Waals surface area contributed by atoms with E-state index in [9.17, 15) is 0 Å². The third-order valence-corrected chi connectivity index (χ3v) is 4.88. The summed E-state index contributed by atoms with van der Waals surface area (Å²) < 4.78 is 22.9. The van der Waals surface area contributed by atoms with Crippen molar-refractivity contribution in [2.75, 3.05) is 39.6 Å². The Hall–Kier alpha value is -0.240. The van der Waals surface area contributed by atoms with Gasteiger partial charge in [-0.1, -0.05) is 0 Å². The highest BCUT2D eigenvalue weighted by Gasteiger charge is 2.43. The van der Waals surface area contributed by atoms with E-state index in [1.807, 2.05) is 0 Å². The molecule has 3 aliphatic heterocycles. The van der Waals surface area contributed by atoms with E-state index < -0.39 is 0 Å². The summed E-state index contributed by atoms with van der Waals surface area (Å²) >= 11 is 0. The molecule has 6 nitrogen and oxygen atoms in total. The lowest BCUT2D eigenvalue weighted by Gasteiger charge is -2.46. The van der Waals surface area contributed by atoms with Crippen LogP contribution in [0.5, 0.6) is 0 Å². The smallest absolute Gasteiger partial charge is 0.0978 e. The molecule has 0 saturated carbocycles. The molecule has 3 saturated heterocycles. The maximum Gasteiger partial charge on any atom is 0.0978 e. The topological polar surface area (TPSA) is 75.0 Å². The van der Waals surface area contributed by atoms with E-state index in [4.69, 9.17) is 24.8 Å². The van der Waals surface area contributed by atoms with Crippen molar-refractivity contribution in [3.05, 3.63) is 0 Å². The normalized spacial score (nSPS) is 35.9. The van der Waals surface area contributed by atoms with Crippen LogP contribution in [-0.2, 0) is 18.9 Å². The highest BCUT2D eigenvalue weighted by molar-refractivity contribution is 4.94. The molecule has 3 heterocycles. The summed E-state index contributed by atoms with van der Waals surface area (Å²) in [5.74, 6) is 6.27. The Balaban J connectivity index is 1.64. The fraction of sp³-hybridized carbons (Fsp3) is 1.00. The Bertz CT molecular complexity index is 298. The van der Waals surface area contributed by atoms with Gasteiger partial charge in [-0.05, 0) is 31.6 Å². The van der Waals surface area contributed by atoms with Crippen molar-refractivity contribution in [1.82, 2.24) is 5.43 Å². The second-order valence-corrected chi connectivity index (χ2v) is 6.07. The molecule has 0 aliphatic carbocycles. The van der Waals surface area contributed by atoms with Crippen LogP contribution in [0.2, 0.25) is 0 Å². The minimum Gasteiger partial charge on any atom is -0.381 e. The number of nitrogens with one attached hydrogen (secondary N) is 1. The fourth-order valence-electron chi connectivity index (χ4n) is 3.72. The first-order valence-electron chi connectivity index (χ1n) is 7.70. The molecule has 0 bridgehead atoms. The summed E-state index contributed by atoms with van der Waals surface area (Å²) in [4.78, 5) is 0. The van der Waals surface area contributed by atoms with Gasteiger partial charge in [0.25, 0.3) is 0 Å². The molecule has 0 amide bonds. The van der Waals surface area contributed by atoms with Gasteiger partial charge in [0.15, 0.2) is 0 Å². The molecule has 1 spiro atoms. The van der Waals surface area contributed by atoms with Gasteiger partial charge in [-0.3, -0.25) is 11.3 Å². The van der Waals surface area contributed by atoms with Gasteiger partial charge in [0, 0.05) is 19.8 Å². The fourth-order valence-corrected chi connectivity index (χ4v) is 3.72. The molecule has 3 unspecified atom stereocenters. The third kappa shape index (κ3) is 3.16. The second kappa shape index (κ2) is 6.68. The quantitative estimate of drug-likeness (QED) is 0.571. The van der Waals surface area contributed by atoms with Crippen LogP contribution in [0.25, 0.3) is 0 Å². The summed E-state index contributed by atoms with van der Waals surface area (Å²) in [6.45, 7) is 4.37. The molecular formula is C14H26N2O4. The minimum absolute atomic E-state index is 0.00814. The second-order valence-electron chi connectivity index (χ2n) is 6.07. The number of hydrogen-bond donors (Lipinski definition) is 2. The standard InChI is InChI=1S/C14H26N2O4/c15-16-13(12-10-18-7-8-19-12)11-1-4-20-14(9-11)2-5-17-6-3-14/h11-13,16H,1-10,15H2. The van der Waals surface area contributed by atoms with Crippen molar-refractivity contribution < 1.29 is 18.9 Å². The zero-order valence-corrected chi connectivity index (χ0v) is 12.0. The SMILES string of the molecule is NNC(C1CCOC2(CCOCC2)C1)C1COCCO1. The molecule has 0 radical (unpaired) electrons. The van der Waals surface area contributed by atoms with Crippen molar-refractivity contribution >= 4 is 0 Å². The van der Waals surface area contributed by atoms with Crippen molar-refractivity contribution in [2.24, 2.45) is 11.8 Å². The largest absolute Gasteiger partial charge is 0.381 e. The molecule has 6 heteroatoms. The predicted molar refractivity (Wildman–Crippen MR) is 73.1 cm³/mol. The number of rotatable bonds is 3. The zero-order chi connectivity index (χ0) is 13.8. The molecule has 0 aromatic rings. The monoisotopic (exact) mass is 286 g/mol. The Morgan fingerprint density at radius 2 is 1.90 bits per heavy atom. The number of ether oxygens (including phenoxy) is 4. The van der Waals surface area contributed by atoms with Gasteiger partial charge in [-0.2, -0.15) is 0 Å². The first-order chi connectivity index (χ1) is 9.83. The highest BCUT2D eigenvalue weighted by atomic mass is 16.6. The summed E-state index contributed by atoms with van der Waals surface area (Å²) in [6, 6.07) is 0.138. The summed E-state index contributed by atoms with van der Waals surface area (Å²) in [5, 5.41) is 0. The number of nitrogens with two attached hydrogens (primary N) is 1. The van der Waals surface area contributed by atoms with Gasteiger partial charge < -0.3 is 18.9 Å². The van der Waals surface area contributed by atoms with Gasteiger partial charge >= 0.3 is 0 Å². The van der Waals surface area contributed by atoms with E-state index in [1.165, 1.54) is 0 Å². The van der Waals surface area contributed by atoms with Crippen molar-refractivity contribution in [2.45, 2.75) is 43.4 Å². The maximum atomic E-state index is 6.10. The Morgan fingerprint density at radius 3 is 2.60 bits per heavy atom.